The van der Waals surface area contributed by atoms with Crippen molar-refractivity contribution in [2.45, 2.75) is 75.3 Å². The summed E-state index contributed by atoms with van der Waals surface area (Å²) in [5, 5.41) is 6.07. The fraction of sp³-hybridized carbons (Fsp3) is 0.543. The minimum Gasteiger partial charge on any atom is -0.342 e. The van der Waals surface area contributed by atoms with E-state index < -0.39 is 11.1 Å². The topological polar surface area (TPSA) is 105 Å². The molecule has 2 aromatic rings. The molecule has 2 N–H and O–H groups in total. The van der Waals surface area contributed by atoms with Gasteiger partial charge in [-0.05, 0) is 68.2 Å². The number of likely N-dealkylation sites (tertiary alicyclic amines) is 2. The van der Waals surface area contributed by atoms with E-state index in [0.29, 0.717) is 78.0 Å². The van der Waals surface area contributed by atoms with Crippen molar-refractivity contribution in [1.29, 1.82) is 0 Å². The van der Waals surface area contributed by atoms with E-state index in [4.69, 9.17) is 0 Å². The summed E-state index contributed by atoms with van der Waals surface area (Å²) in [4.78, 5) is 61.9. The zero-order chi connectivity index (χ0) is 31.1. The summed E-state index contributed by atoms with van der Waals surface area (Å²) in [5.74, 6) is 0.286. The van der Waals surface area contributed by atoms with Crippen LogP contribution in [0.1, 0.15) is 64.2 Å². The van der Waals surface area contributed by atoms with Crippen molar-refractivity contribution in [3.8, 4) is 0 Å². The monoisotopic (exact) mass is 612 g/mol. The summed E-state index contributed by atoms with van der Waals surface area (Å²) in [6.45, 7) is 3.10. The summed E-state index contributed by atoms with van der Waals surface area (Å²) in [7, 11) is 0. The Morgan fingerprint density at radius 2 is 0.956 bits per heavy atom. The lowest BCUT2D eigenvalue weighted by molar-refractivity contribution is -0.141. The van der Waals surface area contributed by atoms with Crippen LogP contribution >= 0.6 is 0 Å². The first-order valence-electron chi connectivity index (χ1n) is 16.6. The number of piperidine rings is 2. The van der Waals surface area contributed by atoms with Gasteiger partial charge in [-0.15, -0.1) is 0 Å². The smallest absolute Gasteiger partial charge is 0.247 e. The molecule has 0 aromatic heterocycles. The van der Waals surface area contributed by atoms with Gasteiger partial charge >= 0.3 is 0 Å². The number of rotatable bonds is 6. The maximum absolute atomic E-state index is 13.8. The molecule has 2 aromatic carbocycles. The summed E-state index contributed by atoms with van der Waals surface area (Å²) in [6.07, 6.45) is 6.95. The molecule has 238 valence electrons. The average molecular weight is 613 g/mol. The van der Waals surface area contributed by atoms with E-state index in [1.54, 1.807) is 0 Å². The van der Waals surface area contributed by atoms with Crippen LogP contribution in [0.25, 0.3) is 0 Å². The molecule has 1 aliphatic carbocycles. The molecule has 0 unspecified atom stereocenters. The van der Waals surface area contributed by atoms with Crippen molar-refractivity contribution in [2.24, 2.45) is 5.41 Å². The highest BCUT2D eigenvalue weighted by atomic mass is 16.2. The van der Waals surface area contributed by atoms with Crippen molar-refractivity contribution in [3.05, 3.63) is 60.7 Å². The number of hydrogen-bond acceptors (Lipinski definition) is 6. The first-order valence-corrected chi connectivity index (χ1v) is 16.6. The summed E-state index contributed by atoms with van der Waals surface area (Å²) in [5.41, 5.74) is 0.460. The summed E-state index contributed by atoms with van der Waals surface area (Å²) >= 11 is 0. The second kappa shape index (κ2) is 11.7. The number of hydrogen-bond donors (Lipinski definition) is 2. The molecule has 4 amide bonds. The molecule has 0 atom stereocenters. The van der Waals surface area contributed by atoms with Crippen LogP contribution in [0.2, 0.25) is 0 Å². The molecule has 1 saturated carbocycles. The molecule has 7 rings (SSSR count). The number of benzene rings is 2. The zero-order valence-electron chi connectivity index (χ0n) is 26.0. The van der Waals surface area contributed by atoms with Crippen LogP contribution < -0.4 is 20.4 Å². The van der Waals surface area contributed by atoms with Crippen molar-refractivity contribution in [2.75, 3.05) is 49.3 Å². The minimum atomic E-state index is -0.628. The standard InChI is InChI=1S/C35H44N6O4/c42-29(38-19-15-34(16-20-38)31(44)36-25-40(34)27-9-3-1-4-10-27)23-33(13-7-8-14-33)24-30(43)39-21-17-35(18-22-39)32(45)37-26-41(35)28-11-5-2-6-12-28/h1-6,9-12H,7-8,13-26H2,(H,36,44)(H,37,45). The maximum Gasteiger partial charge on any atom is 0.247 e. The van der Waals surface area contributed by atoms with Gasteiger partial charge in [-0.2, -0.15) is 0 Å². The van der Waals surface area contributed by atoms with Gasteiger partial charge in [-0.25, -0.2) is 0 Å². The van der Waals surface area contributed by atoms with Crippen LogP contribution in [0, 0.1) is 5.41 Å². The molecule has 0 radical (unpaired) electrons. The van der Waals surface area contributed by atoms with E-state index in [-0.39, 0.29) is 29.0 Å². The van der Waals surface area contributed by atoms with Gasteiger partial charge in [-0.3, -0.25) is 19.2 Å². The maximum atomic E-state index is 13.8. The molecule has 4 saturated heterocycles. The zero-order valence-corrected chi connectivity index (χ0v) is 26.0. The lowest BCUT2D eigenvalue weighted by Gasteiger charge is -2.44. The molecular weight excluding hydrogens is 568 g/mol. The fourth-order valence-electron chi connectivity index (χ4n) is 8.72. The Bertz CT molecular complexity index is 1320. The van der Waals surface area contributed by atoms with E-state index in [0.717, 1.165) is 37.1 Å². The highest BCUT2D eigenvalue weighted by Crippen LogP contribution is 2.46. The number of carbonyl (C=O) groups is 4. The Morgan fingerprint density at radius 3 is 1.33 bits per heavy atom. The molecule has 10 nitrogen and oxygen atoms in total. The number of carbonyl (C=O) groups excluding carboxylic acids is 4. The molecule has 2 spiro atoms. The minimum absolute atomic E-state index is 0.0431. The van der Waals surface area contributed by atoms with Crippen LogP contribution in [0.3, 0.4) is 0 Å². The van der Waals surface area contributed by atoms with Crippen molar-refractivity contribution < 1.29 is 19.2 Å². The van der Waals surface area contributed by atoms with Gasteiger partial charge in [0.2, 0.25) is 23.6 Å². The molecule has 0 bridgehead atoms. The van der Waals surface area contributed by atoms with Crippen LogP contribution in [0.15, 0.2) is 60.7 Å². The quantitative estimate of drug-likeness (QED) is 0.519. The second-order valence-corrected chi connectivity index (χ2v) is 13.7. The third-order valence-electron chi connectivity index (χ3n) is 11.4. The lowest BCUT2D eigenvalue weighted by Crippen LogP contribution is -2.58. The summed E-state index contributed by atoms with van der Waals surface area (Å²) in [6, 6.07) is 20.0. The van der Waals surface area contributed by atoms with Crippen LogP contribution in [-0.4, -0.2) is 84.0 Å². The molecule has 4 aliphatic heterocycles. The predicted molar refractivity (Wildman–Crippen MR) is 171 cm³/mol. The summed E-state index contributed by atoms with van der Waals surface area (Å²) < 4.78 is 0. The highest BCUT2D eigenvalue weighted by molar-refractivity contribution is 5.94. The number of para-hydroxylation sites is 2. The highest BCUT2D eigenvalue weighted by Gasteiger charge is 2.53. The van der Waals surface area contributed by atoms with Crippen molar-refractivity contribution in [3.63, 3.8) is 0 Å². The first kappa shape index (κ1) is 29.6. The predicted octanol–water partition coefficient (Wildman–Crippen LogP) is 3.24. The van der Waals surface area contributed by atoms with Gasteiger partial charge < -0.3 is 30.2 Å². The van der Waals surface area contributed by atoms with Gasteiger partial charge in [0.1, 0.15) is 11.1 Å². The third kappa shape index (κ3) is 5.21. The van der Waals surface area contributed by atoms with Crippen molar-refractivity contribution >= 4 is 35.0 Å². The Morgan fingerprint density at radius 1 is 0.578 bits per heavy atom. The van der Waals surface area contributed by atoms with Crippen molar-refractivity contribution in [1.82, 2.24) is 20.4 Å². The van der Waals surface area contributed by atoms with Crippen LogP contribution in [0.4, 0.5) is 11.4 Å². The van der Waals surface area contributed by atoms with E-state index in [2.05, 4.69) is 20.4 Å². The van der Waals surface area contributed by atoms with Gasteiger partial charge in [0, 0.05) is 50.4 Å². The van der Waals surface area contributed by atoms with Gasteiger partial charge in [0.15, 0.2) is 0 Å². The normalized spacial score (nSPS) is 23.5. The first-order chi connectivity index (χ1) is 21.8. The number of nitrogens with one attached hydrogen (secondary N) is 2. The Balaban J connectivity index is 0.972. The Kier molecular flexibility index (Phi) is 7.70. The average Bonchev–Trinajstić information content (AvgIpc) is 3.75. The van der Waals surface area contributed by atoms with E-state index in [1.807, 2.05) is 70.5 Å². The largest absolute Gasteiger partial charge is 0.342 e. The molecular formula is C35H44N6O4. The van der Waals surface area contributed by atoms with E-state index in [1.165, 1.54) is 0 Å². The number of amides is 4. The Labute approximate surface area is 265 Å². The Hall–Kier alpha value is -4.08. The van der Waals surface area contributed by atoms with Crippen LogP contribution in [0.5, 0.6) is 0 Å². The van der Waals surface area contributed by atoms with E-state index in [9.17, 15) is 19.2 Å². The van der Waals surface area contributed by atoms with Gasteiger partial charge in [-0.1, -0.05) is 49.2 Å². The fourth-order valence-corrected chi connectivity index (χ4v) is 8.72. The molecule has 4 heterocycles. The van der Waals surface area contributed by atoms with Gasteiger partial charge in [0.25, 0.3) is 0 Å². The number of anilines is 2. The van der Waals surface area contributed by atoms with E-state index >= 15 is 0 Å². The lowest BCUT2D eigenvalue weighted by atomic mass is 9.77. The number of nitrogens with zero attached hydrogens (tertiary/aromatic N) is 4. The SMILES string of the molecule is O=C(CC1(CC(=O)N2CCC3(CC2)C(=O)NCN3c2ccccc2)CCCC1)N1CCC2(CC1)C(=O)NCN2c1ccccc1. The van der Waals surface area contributed by atoms with Crippen LogP contribution in [-0.2, 0) is 19.2 Å². The second-order valence-electron chi connectivity index (χ2n) is 13.7. The molecule has 45 heavy (non-hydrogen) atoms. The molecule has 5 fully saturated rings. The molecule has 5 aliphatic rings. The van der Waals surface area contributed by atoms with Gasteiger partial charge in [0.05, 0.1) is 13.3 Å². The third-order valence-corrected chi connectivity index (χ3v) is 11.4. The molecule has 10 heteroatoms.